The van der Waals surface area contributed by atoms with E-state index in [1.165, 1.54) is 6.33 Å². The van der Waals surface area contributed by atoms with E-state index in [9.17, 15) is 9.59 Å². The number of anilines is 1. The molecule has 1 saturated heterocycles. The number of carbonyl (C=O) groups is 2. The highest BCUT2D eigenvalue weighted by Gasteiger charge is 2.19. The van der Waals surface area contributed by atoms with Gasteiger partial charge in [0.2, 0.25) is 0 Å². The molecule has 0 spiro atoms. The zero-order chi connectivity index (χ0) is 24.6. The highest BCUT2D eigenvalue weighted by Crippen LogP contribution is 2.29. The van der Waals surface area contributed by atoms with Crippen molar-refractivity contribution in [3.8, 4) is 11.5 Å². The van der Waals surface area contributed by atoms with E-state index >= 15 is 0 Å². The number of fused-ring (bicyclic) bond motifs is 1. The fourth-order valence-corrected chi connectivity index (χ4v) is 3.94. The number of hydrogen-bond acceptors (Lipinski definition) is 9. The maximum atomic E-state index is 12.6. The first-order valence-electron chi connectivity index (χ1n) is 11.8. The smallest absolute Gasteiger partial charge is 0.338 e. The van der Waals surface area contributed by atoms with Gasteiger partial charge in [-0.1, -0.05) is 0 Å². The highest BCUT2D eigenvalue weighted by atomic mass is 16.5. The third-order valence-corrected chi connectivity index (χ3v) is 5.75. The number of aromatic nitrogens is 4. The second kappa shape index (κ2) is 11.5. The number of piperidine rings is 1. The van der Waals surface area contributed by atoms with Crippen molar-refractivity contribution in [3.63, 3.8) is 0 Å². The van der Waals surface area contributed by atoms with Crippen molar-refractivity contribution < 1.29 is 23.8 Å². The monoisotopic (exact) mass is 482 g/mol. The topological polar surface area (TPSA) is 135 Å². The second-order valence-electron chi connectivity index (χ2n) is 8.18. The molecule has 1 amide bonds. The molecule has 0 aliphatic carbocycles. The lowest BCUT2D eigenvalue weighted by atomic mass is 10.1. The number of nitrogens with zero attached hydrogens (tertiary/aromatic N) is 5. The molecule has 0 atom stereocenters. The number of rotatable bonds is 10. The second-order valence-corrected chi connectivity index (χ2v) is 8.18. The number of ether oxygens (including phenoxy) is 3. The van der Waals surface area contributed by atoms with E-state index in [0.29, 0.717) is 53.6 Å². The number of imidazole rings is 1. The lowest BCUT2D eigenvalue weighted by Gasteiger charge is -2.26. The first-order valence-corrected chi connectivity index (χ1v) is 11.8. The fourth-order valence-electron chi connectivity index (χ4n) is 3.94. The minimum absolute atomic E-state index is 0.0459. The Hall–Kier alpha value is -3.89. The number of hydrogen-bond donors (Lipinski definition) is 1. The van der Waals surface area contributed by atoms with Crippen LogP contribution in [0, 0.1) is 0 Å². The van der Waals surface area contributed by atoms with E-state index < -0.39 is 5.97 Å². The van der Waals surface area contributed by atoms with Crippen molar-refractivity contribution in [1.29, 1.82) is 0 Å². The summed E-state index contributed by atoms with van der Waals surface area (Å²) in [6.45, 7) is 4.47. The Morgan fingerprint density at radius 1 is 1.06 bits per heavy atom. The number of aryl methyl sites for hydroxylation is 1. The molecule has 1 aromatic carbocycles. The molecule has 11 heteroatoms. The third-order valence-electron chi connectivity index (χ3n) is 5.75. The number of likely N-dealkylation sites (tertiary alicyclic amines) is 1. The van der Waals surface area contributed by atoms with Crippen molar-refractivity contribution >= 4 is 28.9 Å². The van der Waals surface area contributed by atoms with Gasteiger partial charge in [-0.3, -0.25) is 4.79 Å². The average Bonchev–Trinajstić information content (AvgIpc) is 3.30. The largest absolute Gasteiger partial charge is 0.490 e. The number of nitrogens with two attached hydrogens (primary N) is 1. The van der Waals surface area contributed by atoms with E-state index in [0.717, 1.165) is 32.4 Å². The molecule has 0 unspecified atom stereocenters. The molecule has 35 heavy (non-hydrogen) atoms. The highest BCUT2D eigenvalue weighted by molar-refractivity contribution is 5.90. The van der Waals surface area contributed by atoms with E-state index in [2.05, 4.69) is 15.0 Å². The molecule has 2 aromatic heterocycles. The summed E-state index contributed by atoms with van der Waals surface area (Å²) >= 11 is 0. The summed E-state index contributed by atoms with van der Waals surface area (Å²) in [6, 6.07) is 4.82. The maximum absolute atomic E-state index is 12.6. The Kier molecular flexibility index (Phi) is 7.96. The minimum atomic E-state index is -0.469. The summed E-state index contributed by atoms with van der Waals surface area (Å²) in [4.78, 5) is 39.1. The Morgan fingerprint density at radius 3 is 2.69 bits per heavy atom. The van der Waals surface area contributed by atoms with Gasteiger partial charge in [-0.25, -0.2) is 19.7 Å². The zero-order valence-corrected chi connectivity index (χ0v) is 19.8. The molecule has 1 fully saturated rings. The lowest BCUT2D eigenvalue weighted by Crippen LogP contribution is -2.38. The average molecular weight is 483 g/mol. The summed E-state index contributed by atoms with van der Waals surface area (Å²) < 4.78 is 18.6. The van der Waals surface area contributed by atoms with E-state index in [4.69, 9.17) is 19.9 Å². The summed E-state index contributed by atoms with van der Waals surface area (Å²) in [6.07, 6.45) is 6.80. The van der Waals surface area contributed by atoms with E-state index in [1.807, 2.05) is 16.4 Å². The van der Waals surface area contributed by atoms with Gasteiger partial charge in [0.25, 0.3) is 5.91 Å². The van der Waals surface area contributed by atoms with Crippen molar-refractivity contribution in [2.24, 2.45) is 0 Å². The molecule has 3 aromatic rings. The van der Waals surface area contributed by atoms with Crippen LogP contribution in [-0.4, -0.2) is 69.2 Å². The lowest BCUT2D eigenvalue weighted by molar-refractivity contribution is -0.134. The molecule has 3 heterocycles. The first kappa shape index (κ1) is 24.2. The van der Waals surface area contributed by atoms with Crippen LogP contribution >= 0.6 is 0 Å². The minimum Gasteiger partial charge on any atom is -0.490 e. The van der Waals surface area contributed by atoms with E-state index in [-0.39, 0.29) is 19.1 Å². The van der Waals surface area contributed by atoms with Gasteiger partial charge in [0, 0.05) is 19.6 Å². The Bertz CT molecular complexity index is 1170. The molecule has 11 nitrogen and oxygen atoms in total. The Labute approximate surface area is 203 Å². The molecule has 4 rings (SSSR count). The molecule has 1 aliphatic rings. The van der Waals surface area contributed by atoms with Gasteiger partial charge in [0.15, 0.2) is 29.6 Å². The standard InChI is InChI=1S/C24H30N6O5/c1-2-33-19-13-17(7-8-18(19)35-14-20(31)29-9-4-3-5-10-29)24(32)34-12-6-11-30-16-28-21-22(25)26-15-27-23(21)30/h7-8,13,15-16H,2-6,9-12,14H2,1H3,(H2,25,26,27). The van der Waals surface area contributed by atoms with Gasteiger partial charge in [0.1, 0.15) is 11.8 Å². The number of benzene rings is 1. The molecular formula is C24H30N6O5. The molecular weight excluding hydrogens is 452 g/mol. The number of carbonyl (C=O) groups excluding carboxylic acids is 2. The SMILES string of the molecule is CCOc1cc(C(=O)OCCCn2cnc3c(N)ncnc32)ccc1OCC(=O)N1CCCCC1. The van der Waals surface area contributed by atoms with Crippen molar-refractivity contribution in [2.75, 3.05) is 38.6 Å². The Balaban J connectivity index is 1.30. The van der Waals surface area contributed by atoms with Crippen LogP contribution in [0.25, 0.3) is 11.2 Å². The molecule has 0 saturated carbocycles. The summed E-state index contributed by atoms with van der Waals surface area (Å²) in [5.41, 5.74) is 7.34. The van der Waals surface area contributed by atoms with Crippen molar-refractivity contribution in [3.05, 3.63) is 36.4 Å². The molecule has 0 bridgehead atoms. The van der Waals surface area contributed by atoms with E-state index in [1.54, 1.807) is 24.5 Å². The fraction of sp³-hybridized carbons (Fsp3) is 0.458. The zero-order valence-electron chi connectivity index (χ0n) is 19.8. The number of nitrogen functional groups attached to an aromatic ring is 1. The molecule has 0 radical (unpaired) electrons. The van der Waals surface area contributed by atoms with Crippen molar-refractivity contribution in [1.82, 2.24) is 24.4 Å². The van der Waals surface area contributed by atoms with Gasteiger partial charge in [-0.15, -0.1) is 0 Å². The van der Waals surface area contributed by atoms with Crippen LogP contribution < -0.4 is 15.2 Å². The number of amides is 1. The summed E-state index contributed by atoms with van der Waals surface area (Å²) in [5, 5.41) is 0. The van der Waals surface area contributed by atoms with Crippen LogP contribution in [0.1, 0.15) is 43.0 Å². The van der Waals surface area contributed by atoms with Crippen LogP contribution in [-0.2, 0) is 16.1 Å². The predicted molar refractivity (Wildman–Crippen MR) is 128 cm³/mol. The first-order chi connectivity index (χ1) is 17.1. The van der Waals surface area contributed by atoms with Crippen LogP contribution in [0.4, 0.5) is 5.82 Å². The van der Waals surface area contributed by atoms with Gasteiger partial charge in [0.05, 0.1) is 25.1 Å². The molecule has 186 valence electrons. The summed E-state index contributed by atoms with van der Waals surface area (Å²) in [7, 11) is 0. The van der Waals surface area contributed by atoms with Gasteiger partial charge in [-0.05, 0) is 50.8 Å². The summed E-state index contributed by atoms with van der Waals surface area (Å²) in [5.74, 6) is 0.630. The van der Waals surface area contributed by atoms with Crippen LogP contribution in [0.2, 0.25) is 0 Å². The van der Waals surface area contributed by atoms with Crippen LogP contribution in [0.3, 0.4) is 0 Å². The quantitative estimate of drug-likeness (QED) is 0.341. The number of esters is 1. The van der Waals surface area contributed by atoms with Crippen LogP contribution in [0.5, 0.6) is 11.5 Å². The van der Waals surface area contributed by atoms with Gasteiger partial charge < -0.3 is 29.4 Å². The predicted octanol–water partition coefficient (Wildman–Crippen LogP) is 2.45. The maximum Gasteiger partial charge on any atom is 0.338 e. The van der Waals surface area contributed by atoms with Crippen molar-refractivity contribution in [2.45, 2.75) is 39.2 Å². The molecule has 2 N–H and O–H groups in total. The van der Waals surface area contributed by atoms with Gasteiger partial charge in [-0.2, -0.15) is 0 Å². The Morgan fingerprint density at radius 2 is 1.89 bits per heavy atom. The van der Waals surface area contributed by atoms with Crippen LogP contribution in [0.15, 0.2) is 30.9 Å². The van der Waals surface area contributed by atoms with Gasteiger partial charge >= 0.3 is 5.97 Å². The third kappa shape index (κ3) is 5.97. The molecule has 1 aliphatic heterocycles. The normalized spacial score (nSPS) is 13.6.